The van der Waals surface area contributed by atoms with E-state index in [0.29, 0.717) is 0 Å². The zero-order valence-electron chi connectivity index (χ0n) is 23.8. The zero-order valence-corrected chi connectivity index (χ0v) is 26.2. The Labute approximate surface area is 263 Å². The van der Waals surface area contributed by atoms with Gasteiger partial charge in [0.25, 0.3) is 17.1 Å². The van der Waals surface area contributed by atoms with Crippen molar-refractivity contribution >= 4 is 47.1 Å². The van der Waals surface area contributed by atoms with Gasteiger partial charge in [0.1, 0.15) is 0 Å². The lowest BCUT2D eigenvalue weighted by Crippen LogP contribution is -2.36. The van der Waals surface area contributed by atoms with Gasteiger partial charge in [0.2, 0.25) is 30.1 Å². The van der Waals surface area contributed by atoms with E-state index in [0.717, 1.165) is 40.7 Å². The van der Waals surface area contributed by atoms with Gasteiger partial charge in [0.05, 0.1) is 14.8 Å². The van der Waals surface area contributed by atoms with Crippen molar-refractivity contribution < 1.29 is 40.0 Å². The molecule has 2 N–H and O–H groups in total. The summed E-state index contributed by atoms with van der Waals surface area (Å²) in [4.78, 5) is 29.7. The van der Waals surface area contributed by atoms with Crippen LogP contribution in [0.25, 0.3) is 0 Å². The number of rotatable bonds is 18. The van der Waals surface area contributed by atoms with E-state index in [1.54, 1.807) is 0 Å². The second-order valence-corrected chi connectivity index (χ2v) is 14.8. The van der Waals surface area contributed by atoms with Crippen LogP contribution >= 0.6 is 0 Å². The maximum Gasteiger partial charge on any atom is 0.289 e. The van der Waals surface area contributed by atoms with Crippen molar-refractivity contribution in [1.82, 2.24) is 13.7 Å². The molecule has 0 amide bonds. The first-order chi connectivity index (χ1) is 21.6. The summed E-state index contributed by atoms with van der Waals surface area (Å²) in [7, 11) is -13.2. The Balaban J connectivity index is 1.72. The number of benzene rings is 3. The van der Waals surface area contributed by atoms with Crippen molar-refractivity contribution in [3.63, 3.8) is 0 Å². The molecule has 0 heterocycles. The van der Waals surface area contributed by atoms with Gasteiger partial charge in [0, 0.05) is 44.4 Å². The molecule has 46 heavy (non-hydrogen) atoms. The van der Waals surface area contributed by atoms with Crippen LogP contribution in [-0.4, -0.2) is 70.5 Å². The largest absolute Gasteiger partial charge is 0.289 e. The van der Waals surface area contributed by atoms with Crippen LogP contribution in [0, 0.1) is 30.3 Å². The van der Waals surface area contributed by atoms with Crippen molar-refractivity contribution in [2.75, 3.05) is 26.2 Å². The van der Waals surface area contributed by atoms with E-state index in [-0.39, 0.29) is 45.4 Å². The molecule has 0 aliphatic rings. The van der Waals surface area contributed by atoms with Crippen LogP contribution in [0.1, 0.15) is 19.3 Å². The molecule has 0 radical (unpaired) electrons. The van der Waals surface area contributed by atoms with E-state index >= 15 is 0 Å². The lowest BCUT2D eigenvalue weighted by Gasteiger charge is -2.22. The van der Waals surface area contributed by atoms with E-state index < -0.39 is 76.6 Å². The van der Waals surface area contributed by atoms with Crippen molar-refractivity contribution in [3.8, 4) is 0 Å². The van der Waals surface area contributed by atoms with Crippen molar-refractivity contribution in [2.24, 2.45) is 0 Å². The highest BCUT2D eigenvalue weighted by molar-refractivity contribution is 7.90. The number of para-hydroxylation sites is 3. The number of nitro groups is 3. The predicted molar refractivity (Wildman–Crippen MR) is 162 cm³/mol. The minimum atomic E-state index is -4.53. The lowest BCUT2D eigenvalue weighted by molar-refractivity contribution is -0.388. The van der Waals surface area contributed by atoms with E-state index in [4.69, 9.17) is 0 Å². The van der Waals surface area contributed by atoms with Gasteiger partial charge >= 0.3 is 0 Å². The maximum absolute atomic E-state index is 13.5. The second-order valence-electron chi connectivity index (χ2n) is 9.43. The number of nitrogens with one attached hydrogen (secondary N) is 2. The van der Waals surface area contributed by atoms with Crippen molar-refractivity contribution in [3.05, 3.63) is 103 Å². The first-order valence-electron chi connectivity index (χ1n) is 13.3. The van der Waals surface area contributed by atoms with Crippen LogP contribution in [0.3, 0.4) is 0 Å². The highest BCUT2D eigenvalue weighted by atomic mass is 32.2. The summed E-state index contributed by atoms with van der Waals surface area (Å²) >= 11 is 0. The second kappa shape index (κ2) is 15.2. The Morgan fingerprint density at radius 3 is 1.30 bits per heavy atom. The zero-order chi connectivity index (χ0) is 34.1. The highest BCUT2D eigenvalue weighted by Gasteiger charge is 2.31. The third kappa shape index (κ3) is 8.86. The number of unbranched alkanes of at least 4 members (excludes halogenated alkanes) is 1. The van der Waals surface area contributed by atoms with Crippen LogP contribution in [-0.2, 0) is 30.1 Å². The number of sulfonamides is 3. The first-order valence-corrected chi connectivity index (χ1v) is 17.7. The SMILES string of the molecule is O=[N+]([O-])c1ccccc1S(=O)(=O)NCCCCN(CCCNS(=O)(=O)c1ccccc1[N+](=O)[O-])S(=O)(=O)c1ccccc1[N+](=O)[O-]. The summed E-state index contributed by atoms with van der Waals surface area (Å²) in [6.07, 6.45) is -0.0711. The maximum atomic E-state index is 13.5. The monoisotopic (exact) mass is 700 g/mol. The molecule has 0 atom stereocenters. The molecule has 0 unspecified atom stereocenters. The Morgan fingerprint density at radius 2 is 0.870 bits per heavy atom. The number of hydrogen-bond donors (Lipinski definition) is 2. The van der Waals surface area contributed by atoms with Gasteiger partial charge in [-0.2, -0.15) is 4.31 Å². The summed E-state index contributed by atoms with van der Waals surface area (Å²) in [5.41, 5.74) is -1.98. The van der Waals surface area contributed by atoms with Crippen LogP contribution < -0.4 is 9.44 Å². The molecule has 3 rings (SSSR count). The topological polar surface area (TPSA) is 259 Å². The molecule has 0 aliphatic carbocycles. The van der Waals surface area contributed by atoms with Crippen LogP contribution in [0.4, 0.5) is 17.1 Å². The fraction of sp³-hybridized carbons (Fsp3) is 0.280. The lowest BCUT2D eigenvalue weighted by atomic mass is 10.3. The number of hydrogen-bond acceptors (Lipinski definition) is 12. The Kier molecular flexibility index (Phi) is 12.0. The summed E-state index contributed by atoms with van der Waals surface area (Å²) in [5, 5.41) is 34.0. The molecule has 0 saturated heterocycles. The molecular formula is C25H28N6O12S3. The normalized spacial score (nSPS) is 12.2. The molecule has 3 aromatic rings. The minimum Gasteiger partial charge on any atom is -0.258 e. The average molecular weight is 701 g/mol. The summed E-state index contributed by atoms with van der Waals surface area (Å²) < 4.78 is 83.0. The smallest absolute Gasteiger partial charge is 0.258 e. The van der Waals surface area contributed by atoms with Gasteiger partial charge in [-0.3, -0.25) is 30.3 Å². The number of nitrogens with zero attached hydrogens (tertiary/aromatic N) is 4. The van der Waals surface area contributed by atoms with Gasteiger partial charge in [-0.1, -0.05) is 36.4 Å². The van der Waals surface area contributed by atoms with E-state index in [9.17, 15) is 55.6 Å². The van der Waals surface area contributed by atoms with Crippen LogP contribution in [0.15, 0.2) is 87.5 Å². The van der Waals surface area contributed by atoms with Gasteiger partial charge < -0.3 is 0 Å². The Hall–Kier alpha value is -4.41. The summed E-state index contributed by atoms with van der Waals surface area (Å²) in [6.45, 7) is -1.19. The average Bonchev–Trinajstić information content (AvgIpc) is 3.01. The molecule has 21 heteroatoms. The Morgan fingerprint density at radius 1 is 0.522 bits per heavy atom. The molecule has 0 bridgehead atoms. The highest BCUT2D eigenvalue weighted by Crippen LogP contribution is 2.27. The number of nitro benzene ring substituents is 3. The van der Waals surface area contributed by atoms with Crippen LogP contribution in [0.5, 0.6) is 0 Å². The van der Waals surface area contributed by atoms with Gasteiger partial charge in [-0.25, -0.2) is 34.7 Å². The van der Waals surface area contributed by atoms with E-state index in [1.165, 1.54) is 36.4 Å². The third-order valence-corrected chi connectivity index (χ3v) is 11.3. The molecule has 248 valence electrons. The van der Waals surface area contributed by atoms with Crippen LogP contribution in [0.2, 0.25) is 0 Å². The minimum absolute atomic E-state index is 0.0290. The van der Waals surface area contributed by atoms with E-state index in [2.05, 4.69) is 9.44 Å². The fourth-order valence-electron chi connectivity index (χ4n) is 4.22. The van der Waals surface area contributed by atoms with Gasteiger partial charge in [0.15, 0.2) is 14.7 Å². The molecule has 0 aromatic heterocycles. The quantitative estimate of drug-likeness (QED) is 0.110. The molecule has 0 aliphatic heterocycles. The summed E-state index contributed by atoms with van der Waals surface area (Å²) in [5.74, 6) is 0. The Bertz CT molecular complexity index is 1940. The van der Waals surface area contributed by atoms with Crippen molar-refractivity contribution in [2.45, 2.75) is 33.9 Å². The predicted octanol–water partition coefficient (Wildman–Crippen LogP) is 2.53. The molecule has 0 fully saturated rings. The molecule has 0 saturated carbocycles. The summed E-state index contributed by atoms with van der Waals surface area (Å²) in [6, 6.07) is 14.0. The van der Waals surface area contributed by atoms with Crippen molar-refractivity contribution in [1.29, 1.82) is 0 Å². The molecular weight excluding hydrogens is 673 g/mol. The van der Waals surface area contributed by atoms with E-state index in [1.807, 2.05) is 0 Å². The molecule has 18 nitrogen and oxygen atoms in total. The molecule has 0 spiro atoms. The third-order valence-electron chi connectivity index (χ3n) is 6.39. The molecule has 3 aromatic carbocycles. The fourth-order valence-corrected chi connectivity index (χ4v) is 8.39. The first kappa shape index (κ1) is 36.1. The standard InChI is InChI=1S/C25H28N6O12S3/c32-29(33)20-10-1-4-13-23(20)44(38,39)26-16-7-8-18-28(46(42,43)25-15-6-3-12-22(25)31(36)37)19-9-17-27-45(40,41)24-14-5-2-11-21(24)30(34)35/h1-6,10-15,26-27H,7-9,16-19H2. The van der Waals surface area contributed by atoms with Gasteiger partial charge in [-0.05, 0) is 37.5 Å². The van der Waals surface area contributed by atoms with Gasteiger partial charge in [-0.15, -0.1) is 0 Å².